The number of amides is 1. The van der Waals surface area contributed by atoms with Gasteiger partial charge in [0.15, 0.2) is 10.9 Å². The largest absolute Gasteiger partial charge is 0.354 e. The molecule has 0 unspecified atom stereocenters. The highest BCUT2D eigenvalue weighted by molar-refractivity contribution is 7.13. The summed E-state index contributed by atoms with van der Waals surface area (Å²) in [5, 5.41) is 13.4. The van der Waals surface area contributed by atoms with Gasteiger partial charge in [0, 0.05) is 30.9 Å². The number of aromatic nitrogens is 3. The Balaban J connectivity index is 1.64. The first-order chi connectivity index (χ1) is 9.83. The van der Waals surface area contributed by atoms with Crippen LogP contribution < -0.4 is 10.2 Å². The molecule has 0 spiro atoms. The monoisotopic (exact) mass is 289 g/mol. The Bertz CT molecular complexity index is 559. The summed E-state index contributed by atoms with van der Waals surface area (Å²) in [5.74, 6) is 0.836. The fourth-order valence-corrected chi connectivity index (χ4v) is 2.89. The van der Waals surface area contributed by atoms with Gasteiger partial charge in [-0.05, 0) is 25.0 Å². The van der Waals surface area contributed by atoms with Crippen LogP contribution in [0.1, 0.15) is 12.8 Å². The molecule has 0 radical (unpaired) electrons. The third kappa shape index (κ3) is 2.93. The van der Waals surface area contributed by atoms with Crippen molar-refractivity contribution in [1.29, 1.82) is 0 Å². The first-order valence-corrected chi connectivity index (χ1v) is 7.44. The average molecular weight is 289 g/mol. The van der Waals surface area contributed by atoms with Crippen LogP contribution in [0.15, 0.2) is 29.9 Å². The second kappa shape index (κ2) is 5.96. The van der Waals surface area contributed by atoms with Crippen molar-refractivity contribution in [2.24, 2.45) is 5.92 Å². The molecule has 1 aliphatic heterocycles. The van der Waals surface area contributed by atoms with Crippen molar-refractivity contribution in [2.45, 2.75) is 12.8 Å². The third-order valence-electron chi connectivity index (χ3n) is 3.34. The standard InChI is InChI=1S/C13H15N5OS/c19-12(16-13-14-6-8-20-13)10-3-2-7-18(9-10)11-4-1-5-15-17-11/h1,4-6,8,10H,2-3,7,9H2,(H,14,16,19)/t10-/m0/s1. The van der Waals surface area contributed by atoms with Crippen LogP contribution in [0.5, 0.6) is 0 Å². The molecule has 2 aromatic heterocycles. The number of hydrogen-bond acceptors (Lipinski definition) is 6. The lowest BCUT2D eigenvalue weighted by atomic mass is 9.97. The molecule has 7 heteroatoms. The van der Waals surface area contributed by atoms with Crippen molar-refractivity contribution in [3.8, 4) is 0 Å². The Labute approximate surface area is 120 Å². The number of nitrogens with one attached hydrogen (secondary N) is 1. The highest BCUT2D eigenvalue weighted by Crippen LogP contribution is 2.22. The van der Waals surface area contributed by atoms with E-state index in [1.54, 1.807) is 12.4 Å². The Morgan fingerprint density at radius 2 is 2.40 bits per heavy atom. The van der Waals surface area contributed by atoms with Gasteiger partial charge in [0.25, 0.3) is 0 Å². The number of piperidine rings is 1. The molecule has 20 heavy (non-hydrogen) atoms. The molecule has 3 heterocycles. The second-order valence-corrected chi connectivity index (χ2v) is 5.59. The molecule has 1 fully saturated rings. The number of rotatable bonds is 3. The summed E-state index contributed by atoms with van der Waals surface area (Å²) in [6.07, 6.45) is 5.22. The van der Waals surface area contributed by atoms with Gasteiger partial charge in [-0.15, -0.1) is 16.4 Å². The van der Waals surface area contributed by atoms with Crippen LogP contribution >= 0.6 is 11.3 Å². The van der Waals surface area contributed by atoms with Gasteiger partial charge in [0.2, 0.25) is 5.91 Å². The average Bonchev–Trinajstić information content (AvgIpc) is 3.01. The van der Waals surface area contributed by atoms with E-state index >= 15 is 0 Å². The van der Waals surface area contributed by atoms with Crippen molar-refractivity contribution in [3.05, 3.63) is 29.9 Å². The van der Waals surface area contributed by atoms with E-state index in [2.05, 4.69) is 25.4 Å². The van der Waals surface area contributed by atoms with E-state index in [-0.39, 0.29) is 11.8 Å². The number of nitrogens with zero attached hydrogens (tertiary/aromatic N) is 4. The minimum absolute atomic E-state index is 0.0327. The third-order valence-corrected chi connectivity index (χ3v) is 4.03. The Hall–Kier alpha value is -2.02. The summed E-state index contributed by atoms with van der Waals surface area (Å²) in [7, 11) is 0. The van der Waals surface area contributed by atoms with Crippen LogP contribution in [0, 0.1) is 5.92 Å². The molecule has 3 rings (SSSR count). The van der Waals surface area contributed by atoms with Crippen LogP contribution in [0.25, 0.3) is 0 Å². The Morgan fingerprint density at radius 1 is 1.45 bits per heavy atom. The summed E-state index contributed by atoms with van der Waals surface area (Å²) in [6, 6.07) is 3.79. The zero-order valence-electron chi connectivity index (χ0n) is 10.9. The molecule has 0 bridgehead atoms. The lowest BCUT2D eigenvalue weighted by Crippen LogP contribution is -2.41. The van der Waals surface area contributed by atoms with Gasteiger partial charge in [0.05, 0.1) is 5.92 Å². The summed E-state index contributed by atoms with van der Waals surface area (Å²) >= 11 is 1.43. The van der Waals surface area contributed by atoms with E-state index in [0.717, 1.165) is 25.2 Å². The van der Waals surface area contributed by atoms with Crippen molar-refractivity contribution in [1.82, 2.24) is 15.2 Å². The van der Waals surface area contributed by atoms with Crippen LogP contribution in [0.4, 0.5) is 10.9 Å². The maximum Gasteiger partial charge on any atom is 0.231 e. The number of carbonyl (C=O) groups is 1. The lowest BCUT2D eigenvalue weighted by molar-refractivity contribution is -0.120. The molecular formula is C13H15N5OS. The van der Waals surface area contributed by atoms with Gasteiger partial charge in [-0.2, -0.15) is 5.10 Å². The van der Waals surface area contributed by atoms with Gasteiger partial charge in [-0.1, -0.05) is 0 Å². The van der Waals surface area contributed by atoms with Crippen molar-refractivity contribution < 1.29 is 4.79 Å². The zero-order valence-corrected chi connectivity index (χ0v) is 11.7. The molecule has 6 nitrogen and oxygen atoms in total. The van der Waals surface area contributed by atoms with E-state index in [0.29, 0.717) is 11.7 Å². The molecule has 1 aliphatic rings. The highest BCUT2D eigenvalue weighted by atomic mass is 32.1. The lowest BCUT2D eigenvalue weighted by Gasteiger charge is -2.32. The molecular weight excluding hydrogens is 274 g/mol. The fraction of sp³-hybridized carbons (Fsp3) is 0.385. The van der Waals surface area contributed by atoms with Gasteiger partial charge in [-0.25, -0.2) is 4.98 Å². The van der Waals surface area contributed by atoms with Crippen molar-refractivity contribution in [2.75, 3.05) is 23.3 Å². The first kappa shape index (κ1) is 13.0. The molecule has 1 amide bonds. The van der Waals surface area contributed by atoms with Gasteiger partial charge < -0.3 is 10.2 Å². The molecule has 1 N–H and O–H groups in total. The predicted molar refractivity (Wildman–Crippen MR) is 77.7 cm³/mol. The van der Waals surface area contributed by atoms with Crippen LogP contribution in [-0.2, 0) is 4.79 Å². The first-order valence-electron chi connectivity index (χ1n) is 6.56. The van der Waals surface area contributed by atoms with E-state index in [1.807, 2.05) is 17.5 Å². The zero-order chi connectivity index (χ0) is 13.8. The molecule has 0 saturated carbocycles. The molecule has 0 aliphatic carbocycles. The maximum atomic E-state index is 12.2. The van der Waals surface area contributed by atoms with E-state index in [1.165, 1.54) is 11.3 Å². The number of thiazole rings is 1. The topological polar surface area (TPSA) is 71.0 Å². The quantitative estimate of drug-likeness (QED) is 0.932. The van der Waals surface area contributed by atoms with Crippen molar-refractivity contribution >= 4 is 28.2 Å². The molecule has 1 atom stereocenters. The smallest absolute Gasteiger partial charge is 0.231 e. The molecule has 2 aromatic rings. The van der Waals surface area contributed by atoms with E-state index in [4.69, 9.17) is 0 Å². The van der Waals surface area contributed by atoms with E-state index < -0.39 is 0 Å². The minimum Gasteiger partial charge on any atom is -0.354 e. The molecule has 0 aromatic carbocycles. The van der Waals surface area contributed by atoms with Crippen LogP contribution in [0.2, 0.25) is 0 Å². The SMILES string of the molecule is O=C(Nc1nccs1)[C@H]1CCCN(c2cccnn2)C1. The van der Waals surface area contributed by atoms with Gasteiger partial charge in [-0.3, -0.25) is 4.79 Å². The van der Waals surface area contributed by atoms with Gasteiger partial charge >= 0.3 is 0 Å². The predicted octanol–water partition coefficient (Wildman–Crippen LogP) is 1.79. The Kier molecular flexibility index (Phi) is 3.87. The van der Waals surface area contributed by atoms with Crippen LogP contribution in [0.3, 0.4) is 0 Å². The molecule has 104 valence electrons. The summed E-state index contributed by atoms with van der Waals surface area (Å²) in [4.78, 5) is 18.4. The van der Waals surface area contributed by atoms with E-state index in [9.17, 15) is 4.79 Å². The normalized spacial score (nSPS) is 18.8. The Morgan fingerprint density at radius 3 is 3.15 bits per heavy atom. The second-order valence-electron chi connectivity index (χ2n) is 4.69. The van der Waals surface area contributed by atoms with Crippen LogP contribution in [-0.4, -0.2) is 34.2 Å². The number of carbonyl (C=O) groups excluding carboxylic acids is 1. The molecule has 1 saturated heterocycles. The summed E-state index contributed by atoms with van der Waals surface area (Å²) < 4.78 is 0. The highest BCUT2D eigenvalue weighted by Gasteiger charge is 2.27. The summed E-state index contributed by atoms with van der Waals surface area (Å²) in [5.41, 5.74) is 0. The van der Waals surface area contributed by atoms with Crippen molar-refractivity contribution in [3.63, 3.8) is 0 Å². The minimum atomic E-state index is -0.0327. The maximum absolute atomic E-state index is 12.2. The fourth-order valence-electron chi connectivity index (χ4n) is 2.35. The van der Waals surface area contributed by atoms with Gasteiger partial charge in [0.1, 0.15) is 0 Å². The number of hydrogen-bond donors (Lipinski definition) is 1. The number of anilines is 2. The summed E-state index contributed by atoms with van der Waals surface area (Å²) in [6.45, 7) is 1.59.